The Hall–Kier alpha value is -2.69. The molecule has 18 heavy (non-hydrogen) atoms. The van der Waals surface area contributed by atoms with Crippen molar-refractivity contribution in [2.45, 2.75) is 0 Å². The second-order valence-electron chi connectivity index (χ2n) is 4.08. The van der Waals surface area contributed by atoms with Gasteiger partial charge in [0, 0.05) is 11.8 Å². The number of rotatable bonds is 1. The van der Waals surface area contributed by atoms with Crippen molar-refractivity contribution in [3.8, 4) is 11.3 Å². The largest absolute Gasteiger partial charge is 0.345 e. The van der Waals surface area contributed by atoms with E-state index in [4.69, 9.17) is 0 Å². The molecule has 5 nitrogen and oxygen atoms in total. The van der Waals surface area contributed by atoms with E-state index < -0.39 is 0 Å². The highest BCUT2D eigenvalue weighted by Gasteiger charge is 2.12. The van der Waals surface area contributed by atoms with Gasteiger partial charge in [-0.05, 0) is 18.2 Å². The van der Waals surface area contributed by atoms with Gasteiger partial charge < -0.3 is 4.98 Å². The SMILES string of the molecule is c1cc(-c2n[nH]c3cccnc23)c2nc[nH]c2c1. The average molecular weight is 235 g/mol. The molecule has 4 aromatic rings. The lowest BCUT2D eigenvalue weighted by molar-refractivity contribution is 1.12. The van der Waals surface area contributed by atoms with E-state index in [0.29, 0.717) is 0 Å². The van der Waals surface area contributed by atoms with E-state index in [-0.39, 0.29) is 0 Å². The molecule has 0 amide bonds. The number of para-hydroxylation sites is 1. The number of hydrogen-bond acceptors (Lipinski definition) is 3. The summed E-state index contributed by atoms with van der Waals surface area (Å²) >= 11 is 0. The summed E-state index contributed by atoms with van der Waals surface area (Å²) in [6.07, 6.45) is 3.46. The molecule has 0 aliphatic carbocycles. The molecule has 0 aliphatic rings. The van der Waals surface area contributed by atoms with Crippen LogP contribution in [0.2, 0.25) is 0 Å². The molecule has 0 atom stereocenters. The van der Waals surface area contributed by atoms with Gasteiger partial charge in [0.25, 0.3) is 0 Å². The number of imidazole rings is 1. The minimum Gasteiger partial charge on any atom is -0.345 e. The van der Waals surface area contributed by atoms with Crippen LogP contribution >= 0.6 is 0 Å². The fourth-order valence-electron chi connectivity index (χ4n) is 2.20. The molecule has 1 aromatic carbocycles. The molecule has 3 aromatic heterocycles. The lowest BCUT2D eigenvalue weighted by Gasteiger charge is -1.98. The second kappa shape index (κ2) is 3.40. The topological polar surface area (TPSA) is 70.2 Å². The monoisotopic (exact) mass is 235 g/mol. The summed E-state index contributed by atoms with van der Waals surface area (Å²) in [5.41, 5.74) is 5.53. The summed E-state index contributed by atoms with van der Waals surface area (Å²) in [4.78, 5) is 11.8. The average Bonchev–Trinajstić information content (AvgIpc) is 3.05. The maximum absolute atomic E-state index is 4.38. The van der Waals surface area contributed by atoms with Gasteiger partial charge in [0.15, 0.2) is 0 Å². The Morgan fingerprint density at radius 1 is 0.889 bits per heavy atom. The predicted molar refractivity (Wildman–Crippen MR) is 69.0 cm³/mol. The number of fused-ring (bicyclic) bond motifs is 2. The number of benzene rings is 1. The molecule has 0 unspecified atom stereocenters. The molecule has 0 radical (unpaired) electrons. The quantitative estimate of drug-likeness (QED) is 0.532. The maximum Gasteiger partial charge on any atom is 0.121 e. The van der Waals surface area contributed by atoms with Gasteiger partial charge in [0.2, 0.25) is 0 Å². The number of nitrogens with zero attached hydrogens (tertiary/aromatic N) is 3. The van der Waals surface area contributed by atoms with Crippen LogP contribution in [0.25, 0.3) is 33.3 Å². The molecule has 0 saturated carbocycles. The molecule has 0 aliphatic heterocycles. The van der Waals surface area contributed by atoms with Crippen molar-refractivity contribution >= 4 is 22.1 Å². The Labute approximate surface area is 102 Å². The van der Waals surface area contributed by atoms with Gasteiger partial charge in [-0.1, -0.05) is 12.1 Å². The third-order valence-electron chi connectivity index (χ3n) is 3.03. The molecular formula is C13H9N5. The Morgan fingerprint density at radius 2 is 1.83 bits per heavy atom. The van der Waals surface area contributed by atoms with Gasteiger partial charge in [-0.25, -0.2) is 4.98 Å². The van der Waals surface area contributed by atoms with Gasteiger partial charge in [0.05, 0.1) is 22.9 Å². The molecule has 0 spiro atoms. The van der Waals surface area contributed by atoms with E-state index in [9.17, 15) is 0 Å². The minimum absolute atomic E-state index is 0.836. The van der Waals surface area contributed by atoms with Crippen molar-refractivity contribution in [3.63, 3.8) is 0 Å². The standard InChI is InChI=1S/C13H9N5/c1-3-8(11-9(4-1)15-7-16-11)12-13-10(17-18-12)5-2-6-14-13/h1-7H,(H,15,16)(H,17,18). The zero-order chi connectivity index (χ0) is 11.9. The van der Waals surface area contributed by atoms with Crippen LogP contribution in [0, 0.1) is 0 Å². The second-order valence-corrected chi connectivity index (χ2v) is 4.08. The van der Waals surface area contributed by atoms with Crippen molar-refractivity contribution < 1.29 is 0 Å². The van der Waals surface area contributed by atoms with E-state index >= 15 is 0 Å². The molecule has 2 N–H and O–H groups in total. The van der Waals surface area contributed by atoms with Crippen molar-refractivity contribution in [2.24, 2.45) is 0 Å². The first-order valence-electron chi connectivity index (χ1n) is 5.65. The van der Waals surface area contributed by atoms with Crippen LogP contribution in [-0.2, 0) is 0 Å². The van der Waals surface area contributed by atoms with Crippen LogP contribution in [0.1, 0.15) is 0 Å². The number of pyridine rings is 1. The van der Waals surface area contributed by atoms with E-state index in [1.165, 1.54) is 0 Å². The van der Waals surface area contributed by atoms with Crippen LogP contribution < -0.4 is 0 Å². The van der Waals surface area contributed by atoms with Gasteiger partial charge >= 0.3 is 0 Å². The third kappa shape index (κ3) is 1.18. The van der Waals surface area contributed by atoms with Gasteiger partial charge in [-0.3, -0.25) is 10.1 Å². The van der Waals surface area contributed by atoms with Crippen LogP contribution in [0.3, 0.4) is 0 Å². The predicted octanol–water partition coefficient (Wildman–Crippen LogP) is 2.50. The van der Waals surface area contributed by atoms with Crippen LogP contribution in [0.15, 0.2) is 42.9 Å². The first kappa shape index (κ1) is 9.35. The highest BCUT2D eigenvalue weighted by molar-refractivity contribution is 5.98. The Morgan fingerprint density at radius 3 is 2.83 bits per heavy atom. The molecule has 3 heterocycles. The number of aromatic amines is 2. The Bertz CT molecular complexity index is 842. The maximum atomic E-state index is 4.38. The Kier molecular flexibility index (Phi) is 1.77. The van der Waals surface area contributed by atoms with Gasteiger partial charge in [-0.2, -0.15) is 5.10 Å². The van der Waals surface area contributed by atoms with E-state index in [1.807, 2.05) is 30.3 Å². The highest BCUT2D eigenvalue weighted by atomic mass is 15.1. The number of hydrogen-bond donors (Lipinski definition) is 2. The van der Waals surface area contributed by atoms with Crippen molar-refractivity contribution in [3.05, 3.63) is 42.9 Å². The number of aromatic nitrogens is 5. The van der Waals surface area contributed by atoms with E-state index in [2.05, 4.69) is 25.1 Å². The Balaban J connectivity index is 2.10. The highest BCUT2D eigenvalue weighted by Crippen LogP contribution is 2.29. The summed E-state index contributed by atoms with van der Waals surface area (Å²) in [6, 6.07) is 9.84. The van der Waals surface area contributed by atoms with Crippen LogP contribution in [0.5, 0.6) is 0 Å². The molecule has 4 rings (SSSR count). The van der Waals surface area contributed by atoms with E-state index in [0.717, 1.165) is 33.3 Å². The smallest absolute Gasteiger partial charge is 0.121 e. The first-order valence-corrected chi connectivity index (χ1v) is 5.65. The first-order chi connectivity index (χ1) is 8.93. The van der Waals surface area contributed by atoms with Gasteiger partial charge in [-0.15, -0.1) is 0 Å². The summed E-state index contributed by atoms with van der Waals surface area (Å²) in [6.45, 7) is 0. The molecule has 86 valence electrons. The molecule has 0 fully saturated rings. The third-order valence-corrected chi connectivity index (χ3v) is 3.03. The molecule has 0 bridgehead atoms. The normalized spacial score (nSPS) is 11.3. The minimum atomic E-state index is 0.836. The number of nitrogens with one attached hydrogen (secondary N) is 2. The zero-order valence-electron chi connectivity index (χ0n) is 9.38. The van der Waals surface area contributed by atoms with E-state index in [1.54, 1.807) is 12.5 Å². The lowest BCUT2D eigenvalue weighted by atomic mass is 10.1. The van der Waals surface area contributed by atoms with Crippen LogP contribution in [-0.4, -0.2) is 25.1 Å². The van der Waals surface area contributed by atoms with Crippen molar-refractivity contribution in [2.75, 3.05) is 0 Å². The lowest BCUT2D eigenvalue weighted by Crippen LogP contribution is -1.83. The molecule has 0 saturated heterocycles. The fraction of sp³-hybridized carbons (Fsp3) is 0. The fourth-order valence-corrected chi connectivity index (χ4v) is 2.20. The summed E-state index contributed by atoms with van der Waals surface area (Å²) < 4.78 is 0. The zero-order valence-corrected chi connectivity index (χ0v) is 9.38. The number of H-pyrrole nitrogens is 2. The molecular weight excluding hydrogens is 226 g/mol. The van der Waals surface area contributed by atoms with Crippen LogP contribution in [0.4, 0.5) is 0 Å². The van der Waals surface area contributed by atoms with Gasteiger partial charge in [0.1, 0.15) is 11.2 Å². The summed E-state index contributed by atoms with van der Waals surface area (Å²) in [7, 11) is 0. The molecule has 5 heteroatoms. The van der Waals surface area contributed by atoms with Crippen molar-refractivity contribution in [1.29, 1.82) is 0 Å². The summed E-state index contributed by atoms with van der Waals surface area (Å²) in [5, 5.41) is 7.35. The summed E-state index contributed by atoms with van der Waals surface area (Å²) in [5.74, 6) is 0. The van der Waals surface area contributed by atoms with Crippen molar-refractivity contribution in [1.82, 2.24) is 25.1 Å².